The number of nitrogens with zero attached hydrogens (tertiary/aromatic N) is 2. The molecule has 0 saturated carbocycles. The molecule has 0 amide bonds. The Morgan fingerprint density at radius 2 is 1.60 bits per heavy atom. The topological polar surface area (TPSA) is 6.25 Å². The lowest BCUT2D eigenvalue weighted by atomic mass is 10.0. The van der Waals surface area contributed by atoms with Crippen LogP contribution in [-0.4, -0.2) is 13.4 Å². The molecule has 0 unspecified atom stereocenters. The average molecular weight is 258 g/mol. The Bertz CT molecular complexity index is 814. The molecule has 20 heavy (non-hydrogen) atoms. The Balaban J connectivity index is 2.06. The van der Waals surface area contributed by atoms with Gasteiger partial charge in [-0.05, 0) is 10.8 Å². The van der Waals surface area contributed by atoms with Crippen LogP contribution in [0.15, 0.2) is 66.7 Å². The Morgan fingerprint density at radius 3 is 2.40 bits per heavy atom. The summed E-state index contributed by atoms with van der Waals surface area (Å²) in [4.78, 5) is 2.06. The monoisotopic (exact) mass is 258 g/mol. The van der Waals surface area contributed by atoms with Crippen LogP contribution in [0.4, 0.5) is 17.1 Å². The van der Waals surface area contributed by atoms with Gasteiger partial charge in [0.2, 0.25) is 6.34 Å². The van der Waals surface area contributed by atoms with E-state index in [1.807, 2.05) is 13.1 Å². The standard InChI is InChI=1S/C18H14N2/c1-19-13-20(15-9-3-2-4-10-15)17-12-6-8-14-7-5-11-16(19)18(14)17/h2-12H,1H3. The summed E-state index contributed by atoms with van der Waals surface area (Å²) in [6.45, 7) is 0. The summed E-state index contributed by atoms with van der Waals surface area (Å²) in [5.41, 5.74) is 3.51. The molecule has 0 bridgehead atoms. The molecule has 1 aliphatic heterocycles. The third kappa shape index (κ3) is 1.55. The summed E-state index contributed by atoms with van der Waals surface area (Å²) in [6, 6.07) is 23.2. The first-order valence-electron chi connectivity index (χ1n) is 6.71. The van der Waals surface area contributed by atoms with Crippen molar-refractivity contribution in [3.8, 4) is 0 Å². The van der Waals surface area contributed by atoms with Crippen LogP contribution in [-0.2, 0) is 0 Å². The zero-order valence-electron chi connectivity index (χ0n) is 11.2. The second-order valence-corrected chi connectivity index (χ2v) is 4.98. The van der Waals surface area contributed by atoms with Gasteiger partial charge in [-0.3, -0.25) is 0 Å². The number of hydrogen-bond donors (Lipinski definition) is 0. The Morgan fingerprint density at radius 1 is 0.850 bits per heavy atom. The van der Waals surface area contributed by atoms with Crippen LogP contribution in [0.25, 0.3) is 10.8 Å². The maximum atomic E-state index is 3.42. The van der Waals surface area contributed by atoms with E-state index in [0.717, 1.165) is 5.69 Å². The summed E-state index contributed by atoms with van der Waals surface area (Å²) < 4.78 is 2.12. The van der Waals surface area contributed by atoms with E-state index in [2.05, 4.69) is 76.5 Å². The summed E-state index contributed by atoms with van der Waals surface area (Å²) in [5.74, 6) is 0. The van der Waals surface area contributed by atoms with Gasteiger partial charge in [0.25, 0.3) is 0 Å². The number of rotatable bonds is 1. The van der Waals surface area contributed by atoms with E-state index < -0.39 is 0 Å². The molecule has 3 aromatic rings. The molecule has 1 heterocycles. The fourth-order valence-corrected chi connectivity index (χ4v) is 2.80. The van der Waals surface area contributed by atoms with Gasteiger partial charge < -0.3 is 9.48 Å². The van der Waals surface area contributed by atoms with E-state index >= 15 is 0 Å². The molecule has 0 aromatic heterocycles. The lowest BCUT2D eigenvalue weighted by Crippen LogP contribution is -2.26. The Hall–Kier alpha value is -2.61. The summed E-state index contributed by atoms with van der Waals surface area (Å²) >= 11 is 0. The molecular weight excluding hydrogens is 244 g/mol. The molecule has 0 atom stereocenters. The average Bonchev–Trinajstić information content (AvgIpc) is 2.52. The van der Waals surface area contributed by atoms with Gasteiger partial charge in [0.05, 0.1) is 24.1 Å². The molecule has 0 aliphatic carbocycles. The highest BCUT2D eigenvalue weighted by atomic mass is 15.2. The van der Waals surface area contributed by atoms with E-state index in [0.29, 0.717) is 0 Å². The molecule has 1 aliphatic rings. The first kappa shape index (κ1) is 11.2. The summed E-state index contributed by atoms with van der Waals surface area (Å²) in [6.07, 6.45) is 3.42. The molecule has 0 N–H and O–H groups in total. The smallest absolute Gasteiger partial charge is 0.245 e. The molecule has 0 fully saturated rings. The molecule has 2 nitrogen and oxygen atoms in total. The van der Waals surface area contributed by atoms with E-state index in [1.54, 1.807) is 0 Å². The van der Waals surface area contributed by atoms with Crippen molar-refractivity contribution in [2.45, 2.75) is 0 Å². The van der Waals surface area contributed by atoms with Crippen molar-refractivity contribution in [3.05, 3.63) is 66.7 Å². The van der Waals surface area contributed by atoms with Crippen molar-refractivity contribution in [1.29, 1.82) is 0 Å². The van der Waals surface area contributed by atoms with Gasteiger partial charge in [-0.1, -0.05) is 66.7 Å². The third-order valence-corrected chi connectivity index (χ3v) is 3.73. The van der Waals surface area contributed by atoms with Crippen molar-refractivity contribution in [3.63, 3.8) is 0 Å². The summed E-state index contributed by atoms with van der Waals surface area (Å²) in [5, 5.41) is 2.54. The van der Waals surface area contributed by atoms with Gasteiger partial charge in [0.1, 0.15) is 0 Å². The van der Waals surface area contributed by atoms with Gasteiger partial charge >= 0.3 is 0 Å². The minimum Gasteiger partial charge on any atom is -0.315 e. The SMILES string of the molecule is CN1[C-]=[N+](c2ccccc2)c2cccc3cccc1c23. The molecule has 4 rings (SSSR count). The van der Waals surface area contributed by atoms with E-state index in [4.69, 9.17) is 0 Å². The summed E-state index contributed by atoms with van der Waals surface area (Å²) in [7, 11) is 2.04. The molecular formula is C18H14N2. The largest absolute Gasteiger partial charge is 0.315 e. The van der Waals surface area contributed by atoms with Crippen LogP contribution in [0.5, 0.6) is 0 Å². The zero-order chi connectivity index (χ0) is 13.5. The second kappa shape index (κ2) is 4.20. The number of para-hydroxylation sites is 1. The first-order valence-corrected chi connectivity index (χ1v) is 6.71. The highest BCUT2D eigenvalue weighted by molar-refractivity contribution is 6.10. The van der Waals surface area contributed by atoms with Crippen LogP contribution in [0.1, 0.15) is 0 Å². The minimum absolute atomic E-state index is 1.13. The predicted molar refractivity (Wildman–Crippen MR) is 85.3 cm³/mol. The minimum atomic E-state index is 1.13. The predicted octanol–water partition coefficient (Wildman–Crippen LogP) is 4.03. The van der Waals surface area contributed by atoms with Crippen LogP contribution in [0.2, 0.25) is 0 Å². The Kier molecular flexibility index (Phi) is 2.36. The van der Waals surface area contributed by atoms with E-state index in [1.165, 1.54) is 22.1 Å². The molecule has 96 valence electrons. The van der Waals surface area contributed by atoms with Gasteiger partial charge in [-0.25, -0.2) is 0 Å². The fourth-order valence-electron chi connectivity index (χ4n) is 2.80. The first-order chi connectivity index (χ1) is 9.84. The maximum Gasteiger partial charge on any atom is 0.245 e. The number of hydrogen-bond acceptors (Lipinski definition) is 1. The van der Waals surface area contributed by atoms with E-state index in [-0.39, 0.29) is 0 Å². The number of anilines is 1. The highest BCUT2D eigenvalue weighted by Gasteiger charge is 2.17. The van der Waals surface area contributed by atoms with Gasteiger partial charge in [0, 0.05) is 0 Å². The fraction of sp³-hybridized carbons (Fsp3) is 0.0556. The van der Waals surface area contributed by atoms with Crippen LogP contribution in [0, 0.1) is 0 Å². The molecule has 0 saturated heterocycles. The van der Waals surface area contributed by atoms with Crippen molar-refractivity contribution < 1.29 is 0 Å². The Labute approximate surface area is 118 Å². The lowest BCUT2D eigenvalue weighted by Gasteiger charge is -2.27. The van der Waals surface area contributed by atoms with Gasteiger partial charge in [-0.2, -0.15) is 0 Å². The van der Waals surface area contributed by atoms with Crippen molar-refractivity contribution in [2.24, 2.45) is 0 Å². The van der Waals surface area contributed by atoms with Crippen LogP contribution < -0.4 is 9.48 Å². The van der Waals surface area contributed by atoms with Crippen molar-refractivity contribution in [2.75, 3.05) is 11.9 Å². The molecule has 0 spiro atoms. The second-order valence-electron chi connectivity index (χ2n) is 4.98. The molecule has 3 aromatic carbocycles. The highest BCUT2D eigenvalue weighted by Crippen LogP contribution is 2.37. The van der Waals surface area contributed by atoms with Crippen molar-refractivity contribution >= 4 is 34.2 Å². The zero-order valence-corrected chi connectivity index (χ0v) is 11.2. The van der Waals surface area contributed by atoms with E-state index in [9.17, 15) is 0 Å². The lowest BCUT2D eigenvalue weighted by molar-refractivity contribution is 1.06. The van der Waals surface area contributed by atoms with Gasteiger partial charge in [-0.15, -0.1) is 0 Å². The number of benzene rings is 3. The molecule has 0 radical (unpaired) electrons. The van der Waals surface area contributed by atoms with Gasteiger partial charge in [0.15, 0.2) is 0 Å². The maximum absolute atomic E-state index is 3.42. The van der Waals surface area contributed by atoms with Crippen LogP contribution >= 0.6 is 0 Å². The quantitative estimate of drug-likeness (QED) is 0.472. The molecule has 2 heteroatoms. The third-order valence-electron chi connectivity index (χ3n) is 3.73. The normalized spacial score (nSPS) is 13.4. The van der Waals surface area contributed by atoms with Crippen molar-refractivity contribution in [1.82, 2.24) is 4.58 Å². The van der Waals surface area contributed by atoms with Crippen LogP contribution in [0.3, 0.4) is 0 Å².